The first kappa shape index (κ1) is 14.6. The Morgan fingerprint density at radius 2 is 2.45 bits per heavy atom. The summed E-state index contributed by atoms with van der Waals surface area (Å²) in [5.74, 6) is 0.698. The van der Waals surface area contributed by atoms with Crippen molar-refractivity contribution >= 4 is 22.2 Å². The van der Waals surface area contributed by atoms with Gasteiger partial charge in [-0.3, -0.25) is 9.69 Å². The summed E-state index contributed by atoms with van der Waals surface area (Å²) in [4.78, 5) is 15.1. The molecule has 0 spiro atoms. The lowest BCUT2D eigenvalue weighted by Gasteiger charge is -2.26. The number of hydrogen-bond acceptors (Lipinski definition) is 6. The van der Waals surface area contributed by atoms with Crippen molar-refractivity contribution in [3.05, 3.63) is 40.2 Å². The molecule has 7 heteroatoms. The number of nitrogens with zero attached hydrogens (tertiary/aromatic N) is 2. The topological polar surface area (TPSA) is 95.3 Å². The molecule has 1 aliphatic rings. The largest absolute Gasteiger partial charge is 0.467 e. The number of carbonyl (C=O) groups is 1. The zero-order chi connectivity index (χ0) is 15.5. The maximum Gasteiger partial charge on any atom is 0.234 e. The molecule has 0 saturated carbocycles. The fraction of sp³-hybridized carbons (Fsp3) is 0.333. The van der Waals surface area contributed by atoms with Gasteiger partial charge in [-0.15, -0.1) is 11.3 Å². The smallest absolute Gasteiger partial charge is 0.234 e. The van der Waals surface area contributed by atoms with Gasteiger partial charge in [0.25, 0.3) is 0 Å². The molecular weight excluding hydrogens is 300 g/mol. The number of furan rings is 1. The van der Waals surface area contributed by atoms with Crippen molar-refractivity contribution in [1.29, 1.82) is 5.26 Å². The van der Waals surface area contributed by atoms with Crippen molar-refractivity contribution in [3.8, 4) is 6.07 Å². The number of nitrogens with one attached hydrogen (secondary N) is 1. The summed E-state index contributed by atoms with van der Waals surface area (Å²) in [5, 5.41) is 12.5. The van der Waals surface area contributed by atoms with E-state index in [0.29, 0.717) is 30.2 Å². The molecule has 2 aromatic rings. The van der Waals surface area contributed by atoms with Crippen molar-refractivity contribution in [2.24, 2.45) is 0 Å². The third-order valence-electron chi connectivity index (χ3n) is 3.68. The average molecular weight is 316 g/mol. The van der Waals surface area contributed by atoms with E-state index >= 15 is 0 Å². The second-order valence-corrected chi connectivity index (χ2v) is 6.31. The lowest BCUT2D eigenvalue weighted by atomic mass is 10.0. The van der Waals surface area contributed by atoms with E-state index < -0.39 is 0 Å². The van der Waals surface area contributed by atoms with Crippen LogP contribution in [0.25, 0.3) is 0 Å². The lowest BCUT2D eigenvalue weighted by molar-refractivity contribution is -0.122. The highest BCUT2D eigenvalue weighted by Crippen LogP contribution is 2.34. The number of hydrogen-bond donors (Lipinski definition) is 2. The molecule has 3 rings (SSSR count). The van der Waals surface area contributed by atoms with Gasteiger partial charge in [0.1, 0.15) is 16.8 Å². The summed E-state index contributed by atoms with van der Waals surface area (Å²) in [6.07, 6.45) is 2.35. The van der Waals surface area contributed by atoms with Gasteiger partial charge < -0.3 is 15.5 Å². The lowest BCUT2D eigenvalue weighted by Crippen LogP contribution is -2.39. The highest BCUT2D eigenvalue weighted by atomic mass is 32.1. The summed E-state index contributed by atoms with van der Waals surface area (Å²) in [7, 11) is 0. The summed E-state index contributed by atoms with van der Waals surface area (Å²) < 4.78 is 5.18. The first-order valence-electron chi connectivity index (χ1n) is 6.99. The summed E-state index contributed by atoms with van der Waals surface area (Å²) in [6, 6.07) is 5.79. The maximum absolute atomic E-state index is 12.0. The van der Waals surface area contributed by atoms with Gasteiger partial charge in [0.05, 0.1) is 24.9 Å². The summed E-state index contributed by atoms with van der Waals surface area (Å²) in [6.45, 7) is 2.15. The Morgan fingerprint density at radius 1 is 1.59 bits per heavy atom. The standard InChI is InChI=1S/C15H16N4O2S/c16-6-12-11-3-4-19(8-13(11)22-15(12)17)9-14(20)18-7-10-2-1-5-21-10/h1-2,5H,3-4,7-9,17H2,(H,18,20). The minimum Gasteiger partial charge on any atom is -0.467 e. The highest BCUT2D eigenvalue weighted by Gasteiger charge is 2.24. The Morgan fingerprint density at radius 3 is 3.18 bits per heavy atom. The van der Waals surface area contributed by atoms with Crippen LogP contribution in [-0.2, 0) is 24.3 Å². The molecule has 0 saturated heterocycles. The molecule has 0 unspecified atom stereocenters. The third-order valence-corrected chi connectivity index (χ3v) is 4.73. The molecule has 22 heavy (non-hydrogen) atoms. The van der Waals surface area contributed by atoms with E-state index in [4.69, 9.17) is 15.4 Å². The van der Waals surface area contributed by atoms with Crippen LogP contribution in [0, 0.1) is 11.3 Å². The van der Waals surface area contributed by atoms with Crippen LogP contribution in [0.1, 0.15) is 21.8 Å². The van der Waals surface area contributed by atoms with Crippen LogP contribution in [0.3, 0.4) is 0 Å². The van der Waals surface area contributed by atoms with E-state index in [1.54, 1.807) is 12.3 Å². The van der Waals surface area contributed by atoms with Crippen LogP contribution >= 0.6 is 11.3 Å². The molecule has 2 aromatic heterocycles. The fourth-order valence-electron chi connectivity index (χ4n) is 2.59. The molecule has 6 nitrogen and oxygen atoms in total. The Hall–Kier alpha value is -2.30. The minimum atomic E-state index is -0.0371. The van der Waals surface area contributed by atoms with Gasteiger partial charge in [-0.2, -0.15) is 5.26 Å². The molecule has 0 atom stereocenters. The van der Waals surface area contributed by atoms with Gasteiger partial charge in [0, 0.05) is 18.0 Å². The number of nitriles is 1. The number of nitrogens with two attached hydrogens (primary N) is 1. The number of rotatable bonds is 4. The molecule has 1 aliphatic heterocycles. The van der Waals surface area contributed by atoms with Crippen LogP contribution in [-0.4, -0.2) is 23.9 Å². The number of anilines is 1. The van der Waals surface area contributed by atoms with Crippen LogP contribution in [0.2, 0.25) is 0 Å². The minimum absolute atomic E-state index is 0.0371. The van der Waals surface area contributed by atoms with Gasteiger partial charge in [0.2, 0.25) is 5.91 Å². The van der Waals surface area contributed by atoms with E-state index in [0.717, 1.165) is 29.2 Å². The van der Waals surface area contributed by atoms with Crippen molar-refractivity contribution in [2.45, 2.75) is 19.5 Å². The number of nitrogen functional groups attached to an aromatic ring is 1. The van der Waals surface area contributed by atoms with Gasteiger partial charge in [0.15, 0.2) is 0 Å². The molecule has 3 heterocycles. The number of thiophene rings is 1. The van der Waals surface area contributed by atoms with Crippen molar-refractivity contribution in [2.75, 3.05) is 18.8 Å². The van der Waals surface area contributed by atoms with Crippen LogP contribution in [0.4, 0.5) is 5.00 Å². The zero-order valence-corrected chi connectivity index (χ0v) is 12.8. The van der Waals surface area contributed by atoms with Crippen LogP contribution in [0.15, 0.2) is 22.8 Å². The van der Waals surface area contributed by atoms with Crippen molar-refractivity contribution in [1.82, 2.24) is 10.2 Å². The Labute approximate surface area is 132 Å². The first-order chi connectivity index (χ1) is 10.7. The molecule has 0 bridgehead atoms. The van der Waals surface area contributed by atoms with Gasteiger partial charge >= 0.3 is 0 Å². The monoisotopic (exact) mass is 316 g/mol. The quantitative estimate of drug-likeness (QED) is 0.890. The van der Waals surface area contributed by atoms with Crippen molar-refractivity contribution in [3.63, 3.8) is 0 Å². The summed E-state index contributed by atoms with van der Waals surface area (Å²) in [5.41, 5.74) is 7.53. The van der Waals surface area contributed by atoms with E-state index in [-0.39, 0.29) is 5.91 Å². The van der Waals surface area contributed by atoms with Crippen LogP contribution in [0.5, 0.6) is 0 Å². The van der Waals surface area contributed by atoms with E-state index in [2.05, 4.69) is 16.3 Å². The van der Waals surface area contributed by atoms with E-state index in [9.17, 15) is 4.79 Å². The molecule has 0 radical (unpaired) electrons. The molecular formula is C15H16N4O2S. The van der Waals surface area contributed by atoms with Crippen LogP contribution < -0.4 is 11.1 Å². The maximum atomic E-state index is 12.0. The molecule has 0 fully saturated rings. The highest BCUT2D eigenvalue weighted by molar-refractivity contribution is 7.16. The number of amides is 1. The molecule has 114 valence electrons. The Balaban J connectivity index is 1.56. The molecule has 0 aliphatic carbocycles. The zero-order valence-electron chi connectivity index (χ0n) is 12.0. The second kappa shape index (κ2) is 6.22. The Kier molecular flexibility index (Phi) is 4.13. The number of carbonyl (C=O) groups excluding carboxylic acids is 1. The fourth-order valence-corrected chi connectivity index (χ4v) is 3.70. The van der Waals surface area contributed by atoms with Crippen molar-refractivity contribution < 1.29 is 9.21 Å². The van der Waals surface area contributed by atoms with E-state index in [1.165, 1.54) is 11.3 Å². The molecule has 1 amide bonds. The molecule has 0 aromatic carbocycles. The van der Waals surface area contributed by atoms with E-state index in [1.807, 2.05) is 6.07 Å². The first-order valence-corrected chi connectivity index (χ1v) is 7.80. The summed E-state index contributed by atoms with van der Waals surface area (Å²) >= 11 is 1.45. The molecule has 3 N–H and O–H groups in total. The Bertz CT molecular complexity index is 715. The predicted octanol–water partition coefficient (Wildman–Crippen LogP) is 1.47. The van der Waals surface area contributed by atoms with Gasteiger partial charge in [-0.1, -0.05) is 0 Å². The number of fused-ring (bicyclic) bond motifs is 1. The SMILES string of the molecule is N#Cc1c(N)sc2c1CCN(CC(=O)NCc1ccco1)C2. The predicted molar refractivity (Wildman–Crippen MR) is 83.0 cm³/mol. The normalized spacial score (nSPS) is 14.3. The van der Waals surface area contributed by atoms with Gasteiger partial charge in [-0.25, -0.2) is 0 Å². The third kappa shape index (κ3) is 2.98. The average Bonchev–Trinajstić information content (AvgIpc) is 3.11. The van der Waals surface area contributed by atoms with Gasteiger partial charge in [-0.05, 0) is 24.1 Å². The second-order valence-electron chi connectivity index (χ2n) is 5.17.